The number of aliphatic hydroxyl groups excluding tert-OH is 1. The third kappa shape index (κ3) is 2.23. The molecule has 4 atom stereocenters. The molecular formula is C9H17NO4. The number of carboxylic acid groups (broad SMARTS) is 1. The summed E-state index contributed by atoms with van der Waals surface area (Å²) in [6.07, 6.45) is -0.498. The number of carboxylic acids is 1. The van der Waals surface area contributed by atoms with Gasteiger partial charge in [-0.3, -0.25) is 0 Å². The highest BCUT2D eigenvalue weighted by Gasteiger charge is 2.40. The zero-order chi connectivity index (χ0) is 10.7. The highest BCUT2D eigenvalue weighted by Crippen LogP contribution is 2.26. The van der Waals surface area contributed by atoms with Gasteiger partial charge in [0, 0.05) is 18.6 Å². The lowest BCUT2D eigenvalue weighted by Crippen LogP contribution is -2.44. The summed E-state index contributed by atoms with van der Waals surface area (Å²) in [7, 11) is 0. The Hall–Kier alpha value is -0.650. The molecule has 5 nitrogen and oxygen atoms in total. The van der Waals surface area contributed by atoms with Gasteiger partial charge < -0.3 is 20.7 Å². The van der Waals surface area contributed by atoms with Crippen LogP contribution in [-0.2, 0) is 9.53 Å². The molecule has 1 fully saturated rings. The van der Waals surface area contributed by atoms with Crippen molar-refractivity contribution in [2.75, 3.05) is 6.61 Å². The first kappa shape index (κ1) is 11.4. The average Bonchev–Trinajstić information content (AvgIpc) is 2.63. The molecular weight excluding hydrogens is 186 g/mol. The Bertz CT molecular complexity index is 209. The Morgan fingerprint density at radius 1 is 1.71 bits per heavy atom. The number of carbonyl (C=O) groups is 1. The van der Waals surface area contributed by atoms with Gasteiger partial charge in [-0.05, 0) is 12.8 Å². The second-order valence-electron chi connectivity index (χ2n) is 3.64. The number of aliphatic carboxylic acids is 1. The molecule has 0 bridgehead atoms. The van der Waals surface area contributed by atoms with Crippen molar-refractivity contribution >= 4 is 5.97 Å². The standard InChI is InChI=1S/C9H17NO4/c1-2-6(10)7(11)5-3-4-14-8(5)9(12)13/h5-8,11H,2-4,10H2,1H3,(H,12,13)/t5-,6-,7?,8+/m0/s1. The maximum atomic E-state index is 10.8. The lowest BCUT2D eigenvalue weighted by Gasteiger charge is -2.25. The normalized spacial score (nSPS) is 31.4. The molecule has 1 rings (SSSR count). The molecule has 0 amide bonds. The maximum absolute atomic E-state index is 10.8. The van der Waals surface area contributed by atoms with Gasteiger partial charge in [0.2, 0.25) is 0 Å². The van der Waals surface area contributed by atoms with Gasteiger partial charge in [-0.25, -0.2) is 4.79 Å². The second kappa shape index (κ2) is 4.72. The number of hydrogen-bond acceptors (Lipinski definition) is 4. The molecule has 82 valence electrons. The Morgan fingerprint density at radius 2 is 2.36 bits per heavy atom. The topological polar surface area (TPSA) is 92.8 Å². The van der Waals surface area contributed by atoms with Crippen LogP contribution in [0.15, 0.2) is 0 Å². The first-order valence-electron chi connectivity index (χ1n) is 4.86. The van der Waals surface area contributed by atoms with E-state index in [1.54, 1.807) is 0 Å². The van der Waals surface area contributed by atoms with E-state index < -0.39 is 18.2 Å². The van der Waals surface area contributed by atoms with E-state index in [0.717, 1.165) is 0 Å². The predicted octanol–water partition coefficient (Wildman–Crippen LogP) is -0.426. The molecule has 1 saturated heterocycles. The minimum absolute atomic E-state index is 0.372. The number of nitrogens with two attached hydrogens (primary N) is 1. The highest BCUT2D eigenvalue weighted by atomic mass is 16.5. The fourth-order valence-electron chi connectivity index (χ4n) is 1.77. The lowest BCUT2D eigenvalue weighted by atomic mass is 9.89. The molecule has 0 spiro atoms. The quantitative estimate of drug-likeness (QED) is 0.576. The van der Waals surface area contributed by atoms with Gasteiger partial charge in [0.25, 0.3) is 0 Å². The van der Waals surface area contributed by atoms with Crippen LogP contribution in [0.25, 0.3) is 0 Å². The zero-order valence-corrected chi connectivity index (χ0v) is 8.22. The summed E-state index contributed by atoms with van der Waals surface area (Å²) in [4.78, 5) is 10.8. The molecule has 1 unspecified atom stereocenters. The minimum Gasteiger partial charge on any atom is -0.479 e. The Kier molecular flexibility index (Phi) is 3.86. The van der Waals surface area contributed by atoms with E-state index in [1.165, 1.54) is 0 Å². The van der Waals surface area contributed by atoms with E-state index in [1.807, 2.05) is 6.92 Å². The van der Waals surface area contributed by atoms with Crippen molar-refractivity contribution in [2.45, 2.75) is 38.0 Å². The van der Waals surface area contributed by atoms with Crippen LogP contribution >= 0.6 is 0 Å². The molecule has 1 aliphatic heterocycles. The largest absolute Gasteiger partial charge is 0.479 e. The van der Waals surface area contributed by atoms with Crippen molar-refractivity contribution < 1.29 is 19.7 Å². The third-order valence-corrected chi connectivity index (χ3v) is 2.73. The van der Waals surface area contributed by atoms with Crippen molar-refractivity contribution in [1.29, 1.82) is 0 Å². The summed E-state index contributed by atoms with van der Waals surface area (Å²) in [6.45, 7) is 2.24. The molecule has 1 heterocycles. The molecule has 4 N–H and O–H groups in total. The van der Waals surface area contributed by atoms with E-state index in [0.29, 0.717) is 19.4 Å². The molecule has 0 aromatic heterocycles. The molecule has 0 aromatic rings. The predicted molar refractivity (Wildman–Crippen MR) is 49.8 cm³/mol. The van der Waals surface area contributed by atoms with E-state index in [4.69, 9.17) is 15.6 Å². The van der Waals surface area contributed by atoms with Crippen molar-refractivity contribution in [3.05, 3.63) is 0 Å². The first-order chi connectivity index (χ1) is 6.57. The summed E-state index contributed by atoms with van der Waals surface area (Å²) in [5.41, 5.74) is 5.66. The van der Waals surface area contributed by atoms with Gasteiger partial charge in [0.15, 0.2) is 6.10 Å². The highest BCUT2D eigenvalue weighted by molar-refractivity contribution is 5.73. The monoisotopic (exact) mass is 203 g/mol. The smallest absolute Gasteiger partial charge is 0.333 e. The van der Waals surface area contributed by atoms with Crippen LogP contribution in [0.4, 0.5) is 0 Å². The SMILES string of the molecule is CC[C@H](N)C(O)[C@@H]1CCO[C@H]1C(=O)O. The number of ether oxygens (including phenoxy) is 1. The molecule has 0 aromatic carbocycles. The van der Waals surface area contributed by atoms with Crippen LogP contribution in [-0.4, -0.2) is 41.0 Å². The van der Waals surface area contributed by atoms with Crippen LogP contribution in [0.2, 0.25) is 0 Å². The van der Waals surface area contributed by atoms with Gasteiger partial charge in [-0.1, -0.05) is 6.92 Å². The second-order valence-corrected chi connectivity index (χ2v) is 3.64. The van der Waals surface area contributed by atoms with E-state index in [9.17, 15) is 9.90 Å². The fourth-order valence-corrected chi connectivity index (χ4v) is 1.77. The minimum atomic E-state index is -1.02. The van der Waals surface area contributed by atoms with Crippen molar-refractivity contribution in [3.63, 3.8) is 0 Å². The van der Waals surface area contributed by atoms with Gasteiger partial charge in [-0.2, -0.15) is 0 Å². The molecule has 0 radical (unpaired) electrons. The molecule has 5 heteroatoms. The van der Waals surface area contributed by atoms with Crippen LogP contribution in [0.1, 0.15) is 19.8 Å². The summed E-state index contributed by atoms with van der Waals surface area (Å²) < 4.78 is 5.03. The number of aliphatic hydroxyl groups is 1. The number of hydrogen-bond donors (Lipinski definition) is 3. The molecule has 0 aliphatic carbocycles. The zero-order valence-electron chi connectivity index (χ0n) is 8.22. The summed E-state index contributed by atoms with van der Waals surface area (Å²) in [5.74, 6) is -1.39. The molecule has 0 saturated carbocycles. The van der Waals surface area contributed by atoms with Crippen molar-refractivity contribution in [3.8, 4) is 0 Å². The Balaban J connectivity index is 2.61. The Labute approximate surface area is 82.9 Å². The maximum Gasteiger partial charge on any atom is 0.333 e. The van der Waals surface area contributed by atoms with E-state index >= 15 is 0 Å². The Morgan fingerprint density at radius 3 is 2.86 bits per heavy atom. The van der Waals surface area contributed by atoms with Crippen molar-refractivity contribution in [2.24, 2.45) is 11.7 Å². The van der Waals surface area contributed by atoms with Gasteiger partial charge >= 0.3 is 5.97 Å². The average molecular weight is 203 g/mol. The first-order valence-corrected chi connectivity index (χ1v) is 4.86. The summed E-state index contributed by atoms with van der Waals surface area (Å²) >= 11 is 0. The van der Waals surface area contributed by atoms with Crippen LogP contribution < -0.4 is 5.73 Å². The van der Waals surface area contributed by atoms with Crippen LogP contribution in [0.3, 0.4) is 0 Å². The van der Waals surface area contributed by atoms with E-state index in [-0.39, 0.29) is 12.0 Å². The molecule has 1 aliphatic rings. The molecule has 14 heavy (non-hydrogen) atoms. The van der Waals surface area contributed by atoms with Crippen LogP contribution in [0.5, 0.6) is 0 Å². The fraction of sp³-hybridized carbons (Fsp3) is 0.889. The van der Waals surface area contributed by atoms with Gasteiger partial charge in [-0.15, -0.1) is 0 Å². The number of rotatable bonds is 4. The van der Waals surface area contributed by atoms with Crippen LogP contribution in [0, 0.1) is 5.92 Å². The summed E-state index contributed by atoms with van der Waals surface area (Å²) in [5, 5.41) is 18.6. The lowest BCUT2D eigenvalue weighted by molar-refractivity contribution is -0.151. The van der Waals surface area contributed by atoms with Gasteiger partial charge in [0.1, 0.15) is 0 Å². The van der Waals surface area contributed by atoms with Crippen molar-refractivity contribution in [1.82, 2.24) is 0 Å². The summed E-state index contributed by atoms with van der Waals surface area (Å²) in [6, 6.07) is -0.372. The van der Waals surface area contributed by atoms with E-state index in [2.05, 4.69) is 0 Å². The third-order valence-electron chi connectivity index (χ3n) is 2.73. The van der Waals surface area contributed by atoms with Gasteiger partial charge in [0.05, 0.1) is 6.10 Å².